The van der Waals surface area contributed by atoms with E-state index >= 15 is 0 Å². The lowest BCUT2D eigenvalue weighted by Crippen LogP contribution is -2.30. The highest BCUT2D eigenvalue weighted by Crippen LogP contribution is 2.26. The van der Waals surface area contributed by atoms with Gasteiger partial charge in [-0.2, -0.15) is 0 Å². The van der Waals surface area contributed by atoms with Crippen LogP contribution >= 0.6 is 11.6 Å². The molecule has 0 bridgehead atoms. The van der Waals surface area contributed by atoms with Gasteiger partial charge in [-0.3, -0.25) is 0 Å². The van der Waals surface area contributed by atoms with Crippen molar-refractivity contribution in [2.75, 3.05) is 18.9 Å². The number of halogens is 1. The number of benzene rings is 1. The van der Waals surface area contributed by atoms with E-state index < -0.39 is 10.0 Å². The zero-order valence-electron chi connectivity index (χ0n) is 11.7. The van der Waals surface area contributed by atoms with Crippen LogP contribution < -0.4 is 10.5 Å². The van der Waals surface area contributed by atoms with Gasteiger partial charge in [-0.25, -0.2) is 13.1 Å². The first kappa shape index (κ1) is 17.2. The van der Waals surface area contributed by atoms with Crippen LogP contribution in [-0.2, 0) is 10.0 Å². The highest BCUT2D eigenvalue weighted by molar-refractivity contribution is 7.89. The molecule has 0 aromatic heterocycles. The average Bonchev–Trinajstić information content (AvgIpc) is 2.38. The highest BCUT2D eigenvalue weighted by Gasteiger charge is 2.19. The van der Waals surface area contributed by atoms with Crippen LogP contribution in [0.25, 0.3) is 0 Å². The van der Waals surface area contributed by atoms with Crippen LogP contribution in [0.2, 0.25) is 5.02 Å². The van der Waals surface area contributed by atoms with Gasteiger partial charge in [0, 0.05) is 13.2 Å². The highest BCUT2D eigenvalue weighted by atomic mass is 35.5. The van der Waals surface area contributed by atoms with E-state index in [1.807, 2.05) is 6.92 Å². The van der Waals surface area contributed by atoms with Crippen molar-refractivity contribution in [3.8, 4) is 0 Å². The predicted octanol–water partition coefficient (Wildman–Crippen LogP) is 1.92. The molecule has 1 aromatic rings. The summed E-state index contributed by atoms with van der Waals surface area (Å²) in [4.78, 5) is 0.137. The Kier molecular flexibility index (Phi) is 6.26. The lowest BCUT2D eigenvalue weighted by Gasteiger charge is -2.16. The molecule has 0 aliphatic carbocycles. The summed E-state index contributed by atoms with van der Waals surface area (Å²) in [7, 11) is -3.62. The number of anilines is 1. The third kappa shape index (κ3) is 4.34. The summed E-state index contributed by atoms with van der Waals surface area (Å²) < 4.78 is 27.1. The zero-order chi connectivity index (χ0) is 15.3. The first-order valence-corrected chi connectivity index (χ1v) is 8.34. The maximum Gasteiger partial charge on any atom is 0.240 e. The minimum atomic E-state index is -3.62. The second-order valence-electron chi connectivity index (χ2n) is 4.78. The van der Waals surface area contributed by atoms with E-state index in [2.05, 4.69) is 4.72 Å². The molecule has 1 rings (SSSR count). The normalized spacial score (nSPS) is 13.4. The van der Waals surface area contributed by atoms with Crippen LogP contribution in [-0.4, -0.2) is 26.7 Å². The van der Waals surface area contributed by atoms with Crippen molar-refractivity contribution in [1.29, 1.82) is 0 Å². The number of hydrogen-bond acceptors (Lipinski definition) is 4. The Bertz CT molecular complexity index is 561. The molecule has 20 heavy (non-hydrogen) atoms. The van der Waals surface area contributed by atoms with E-state index in [4.69, 9.17) is 22.4 Å². The number of hydrogen-bond donors (Lipinski definition) is 3. The van der Waals surface area contributed by atoms with E-state index in [0.717, 1.165) is 6.42 Å². The summed E-state index contributed by atoms with van der Waals surface area (Å²) in [6.45, 7) is 3.97. The fourth-order valence-corrected chi connectivity index (χ4v) is 3.49. The number of aliphatic hydroxyl groups excluding tert-OH is 1. The van der Waals surface area contributed by atoms with Crippen LogP contribution in [0, 0.1) is 12.8 Å². The molecule has 0 saturated heterocycles. The first-order valence-electron chi connectivity index (χ1n) is 6.48. The number of aryl methyl sites for hydroxylation is 1. The van der Waals surface area contributed by atoms with Crippen molar-refractivity contribution < 1.29 is 13.5 Å². The van der Waals surface area contributed by atoms with E-state index in [0.29, 0.717) is 23.6 Å². The Morgan fingerprint density at radius 3 is 2.65 bits per heavy atom. The van der Waals surface area contributed by atoms with E-state index in [1.165, 1.54) is 12.1 Å². The van der Waals surface area contributed by atoms with Gasteiger partial charge >= 0.3 is 0 Å². The van der Waals surface area contributed by atoms with Gasteiger partial charge in [0.05, 0.1) is 15.6 Å². The van der Waals surface area contributed by atoms with Gasteiger partial charge in [0.2, 0.25) is 10.0 Å². The maximum absolute atomic E-state index is 12.3. The van der Waals surface area contributed by atoms with Crippen molar-refractivity contribution >= 4 is 27.3 Å². The van der Waals surface area contributed by atoms with Gasteiger partial charge in [-0.05, 0) is 37.0 Å². The van der Waals surface area contributed by atoms with Gasteiger partial charge in [0.25, 0.3) is 0 Å². The fraction of sp³-hybridized carbons (Fsp3) is 0.538. The van der Waals surface area contributed by atoms with Crippen molar-refractivity contribution in [2.45, 2.75) is 31.6 Å². The van der Waals surface area contributed by atoms with Crippen molar-refractivity contribution in [3.05, 3.63) is 22.7 Å². The van der Waals surface area contributed by atoms with E-state index in [9.17, 15) is 8.42 Å². The molecule has 5 nitrogen and oxygen atoms in total. The molecule has 0 aliphatic heterocycles. The molecule has 0 radical (unpaired) electrons. The lowest BCUT2D eigenvalue weighted by molar-refractivity contribution is 0.254. The van der Waals surface area contributed by atoms with Gasteiger partial charge in [-0.1, -0.05) is 24.9 Å². The molecular formula is C13H21ClN2O3S. The number of aliphatic hydroxyl groups is 1. The van der Waals surface area contributed by atoms with E-state index in [-0.39, 0.29) is 23.1 Å². The monoisotopic (exact) mass is 320 g/mol. The van der Waals surface area contributed by atoms with Gasteiger partial charge in [-0.15, -0.1) is 0 Å². The van der Waals surface area contributed by atoms with Crippen LogP contribution in [0.1, 0.15) is 25.3 Å². The molecule has 4 N–H and O–H groups in total. The second-order valence-corrected chi connectivity index (χ2v) is 6.92. The molecular weight excluding hydrogens is 300 g/mol. The number of nitrogens with two attached hydrogens (primary N) is 1. The van der Waals surface area contributed by atoms with Crippen LogP contribution in [0.3, 0.4) is 0 Å². The van der Waals surface area contributed by atoms with Crippen LogP contribution in [0.4, 0.5) is 5.69 Å². The number of sulfonamides is 1. The topological polar surface area (TPSA) is 92.4 Å². The van der Waals surface area contributed by atoms with E-state index in [1.54, 1.807) is 6.92 Å². The molecule has 0 saturated carbocycles. The Morgan fingerprint density at radius 1 is 1.45 bits per heavy atom. The number of nitrogen functional groups attached to an aromatic ring is 1. The van der Waals surface area contributed by atoms with Crippen LogP contribution in [0.5, 0.6) is 0 Å². The molecule has 0 spiro atoms. The smallest absolute Gasteiger partial charge is 0.240 e. The molecule has 0 fully saturated rings. The predicted molar refractivity (Wildman–Crippen MR) is 81.3 cm³/mol. The lowest BCUT2D eigenvalue weighted by atomic mass is 10.0. The fourth-order valence-electron chi connectivity index (χ4n) is 1.90. The molecule has 1 atom stereocenters. The van der Waals surface area contributed by atoms with Crippen LogP contribution in [0.15, 0.2) is 17.0 Å². The summed E-state index contributed by atoms with van der Waals surface area (Å²) in [6, 6.07) is 2.91. The standard InChI is InChI=1S/C13H21ClN2O3S/c1-3-10(4-5-17)8-16-20(18,19)13-7-12(15)11(14)6-9(13)2/h6-7,10,16-17H,3-5,8,15H2,1-2H3. The molecule has 1 aromatic carbocycles. The summed E-state index contributed by atoms with van der Waals surface area (Å²) in [5.41, 5.74) is 6.44. The molecule has 0 heterocycles. The number of rotatable bonds is 7. The van der Waals surface area contributed by atoms with Gasteiger partial charge in [0.15, 0.2) is 0 Å². The quantitative estimate of drug-likeness (QED) is 0.669. The third-order valence-corrected chi connectivity index (χ3v) is 5.15. The molecule has 7 heteroatoms. The Balaban J connectivity index is 2.92. The summed E-state index contributed by atoms with van der Waals surface area (Å²) in [6.07, 6.45) is 1.37. The number of nitrogens with one attached hydrogen (secondary N) is 1. The molecule has 114 valence electrons. The Hall–Kier alpha value is -0.820. The molecule has 0 aliphatic rings. The van der Waals surface area contributed by atoms with Gasteiger partial charge in [0.1, 0.15) is 0 Å². The minimum Gasteiger partial charge on any atom is -0.397 e. The second kappa shape index (κ2) is 7.26. The maximum atomic E-state index is 12.3. The summed E-state index contributed by atoms with van der Waals surface area (Å²) in [5.74, 6) is 0.111. The SMILES string of the molecule is CCC(CCO)CNS(=O)(=O)c1cc(N)c(Cl)cc1C. The summed E-state index contributed by atoms with van der Waals surface area (Å²) in [5, 5.41) is 9.26. The van der Waals surface area contributed by atoms with Crippen molar-refractivity contribution in [2.24, 2.45) is 5.92 Å². The zero-order valence-corrected chi connectivity index (χ0v) is 13.3. The minimum absolute atomic E-state index is 0.0488. The van der Waals surface area contributed by atoms with Crippen molar-refractivity contribution in [1.82, 2.24) is 4.72 Å². The van der Waals surface area contributed by atoms with Gasteiger partial charge < -0.3 is 10.8 Å². The Morgan fingerprint density at radius 2 is 2.10 bits per heavy atom. The largest absolute Gasteiger partial charge is 0.397 e. The first-order chi connectivity index (χ1) is 9.31. The van der Waals surface area contributed by atoms with Crippen molar-refractivity contribution in [3.63, 3.8) is 0 Å². The molecule has 0 amide bonds. The molecule has 1 unspecified atom stereocenters. The Labute approximate surface area is 125 Å². The summed E-state index contributed by atoms with van der Waals surface area (Å²) >= 11 is 5.86. The average molecular weight is 321 g/mol. The third-order valence-electron chi connectivity index (χ3n) is 3.26.